The predicted octanol–water partition coefficient (Wildman–Crippen LogP) is 8.53. The van der Waals surface area contributed by atoms with Crippen LogP contribution in [0.3, 0.4) is 0 Å². The van der Waals surface area contributed by atoms with E-state index in [1.54, 1.807) is 13.8 Å². The largest absolute Gasteiger partial charge is 0.456 e. The molecule has 8 heterocycles. The summed E-state index contributed by atoms with van der Waals surface area (Å²) in [6.45, 7) is 7.23. The van der Waals surface area contributed by atoms with E-state index in [9.17, 15) is 26.3 Å². The van der Waals surface area contributed by atoms with E-state index in [1.165, 1.54) is 21.6 Å². The standard InChI is InChI=1S/C36H48F6O10S2/c1-19-5-7-25-21(27(35(37,38)39)45-29-33(25)23(19)9-11-31(3,47-29)49-51-33)17-43-13-15-53-54-16-14-44-18-22-26-8-6-20(2)24-10-12-32(4)48-30(34(24,26)52-50-32)46-28(22)36(40,41)42/h19-20,23-26,29-30H,5-18H2,1-4H3/t19-,20-,23?,24?,25+,26+,29-,30-,31?,32?,33-,34-/m1/s1. The Morgan fingerprint density at radius 3 is 1.41 bits per heavy atom. The lowest BCUT2D eigenvalue weighted by atomic mass is 9.59. The maximum atomic E-state index is 14.4. The van der Waals surface area contributed by atoms with Gasteiger partial charge < -0.3 is 28.4 Å². The lowest BCUT2D eigenvalue weighted by Gasteiger charge is -2.57. The molecule has 0 amide bonds. The van der Waals surface area contributed by atoms with E-state index in [-0.39, 0.29) is 61.2 Å². The maximum Gasteiger partial charge on any atom is 0.449 e. The van der Waals surface area contributed by atoms with Gasteiger partial charge in [-0.25, -0.2) is 19.6 Å². The molecule has 2 spiro atoms. The molecule has 10 aliphatic rings. The smallest absolute Gasteiger partial charge is 0.449 e. The molecule has 2 aliphatic carbocycles. The Hall–Kier alpha value is -0.960. The van der Waals surface area contributed by atoms with Gasteiger partial charge in [0.05, 0.1) is 26.4 Å². The number of halogens is 6. The van der Waals surface area contributed by atoms with Crippen LogP contribution in [0.4, 0.5) is 26.3 Å². The fourth-order valence-electron chi connectivity index (χ4n) is 10.5. The molecule has 0 radical (unpaired) electrons. The van der Waals surface area contributed by atoms with Crippen LogP contribution in [0.5, 0.6) is 0 Å². The van der Waals surface area contributed by atoms with Crippen molar-refractivity contribution in [3.63, 3.8) is 0 Å². The Labute approximate surface area is 318 Å². The molecular formula is C36H48F6O10S2. The van der Waals surface area contributed by atoms with Gasteiger partial charge in [-0.3, -0.25) is 0 Å². The predicted molar refractivity (Wildman–Crippen MR) is 180 cm³/mol. The minimum absolute atomic E-state index is 0.0119. The fourth-order valence-corrected chi connectivity index (χ4v) is 12.2. The van der Waals surface area contributed by atoms with E-state index in [1.807, 2.05) is 0 Å². The van der Waals surface area contributed by atoms with Crippen molar-refractivity contribution in [2.24, 2.45) is 35.5 Å². The van der Waals surface area contributed by atoms with Gasteiger partial charge in [-0.2, -0.15) is 26.3 Å². The minimum atomic E-state index is -4.75. The van der Waals surface area contributed by atoms with Gasteiger partial charge in [0.15, 0.2) is 11.2 Å². The molecular weight excluding hydrogens is 771 g/mol. The van der Waals surface area contributed by atoms with Crippen molar-refractivity contribution in [2.75, 3.05) is 37.9 Å². The average Bonchev–Trinajstić information content (AvgIpc) is 3.48. The molecule has 0 N–H and O–H groups in total. The lowest BCUT2D eigenvalue weighted by Crippen LogP contribution is -2.67. The highest BCUT2D eigenvalue weighted by Crippen LogP contribution is 2.63. The number of hydrogen-bond donors (Lipinski definition) is 0. The van der Waals surface area contributed by atoms with Crippen LogP contribution in [0.1, 0.15) is 79.1 Å². The van der Waals surface area contributed by atoms with E-state index in [0.717, 1.165) is 12.8 Å². The Balaban J connectivity index is 0.847. The number of allylic oxidation sites excluding steroid dienone is 2. The molecule has 4 bridgehead atoms. The van der Waals surface area contributed by atoms with Gasteiger partial charge in [0, 0.05) is 59.2 Å². The van der Waals surface area contributed by atoms with Gasteiger partial charge in [-0.1, -0.05) is 35.4 Å². The summed E-state index contributed by atoms with van der Waals surface area (Å²) in [5, 5.41) is 0. The number of ether oxygens (including phenoxy) is 6. The van der Waals surface area contributed by atoms with Gasteiger partial charge in [-0.15, -0.1) is 0 Å². The highest BCUT2D eigenvalue weighted by molar-refractivity contribution is 8.76. The van der Waals surface area contributed by atoms with E-state index in [2.05, 4.69) is 13.8 Å². The molecule has 0 aromatic heterocycles. The first-order valence-corrected chi connectivity index (χ1v) is 21.4. The van der Waals surface area contributed by atoms with Crippen LogP contribution in [-0.4, -0.2) is 85.6 Å². The van der Waals surface area contributed by atoms with Crippen LogP contribution in [0.25, 0.3) is 0 Å². The fraction of sp³-hybridized carbons (Fsp3) is 0.889. The van der Waals surface area contributed by atoms with Crippen molar-refractivity contribution in [2.45, 2.75) is 127 Å². The molecule has 0 aromatic rings. The molecule has 8 fully saturated rings. The van der Waals surface area contributed by atoms with Crippen LogP contribution in [0.15, 0.2) is 22.7 Å². The zero-order valence-electron chi connectivity index (χ0n) is 30.7. The lowest BCUT2D eigenvalue weighted by molar-refractivity contribution is -0.558. The van der Waals surface area contributed by atoms with Gasteiger partial charge in [0.25, 0.3) is 0 Å². The number of rotatable bonds is 11. The van der Waals surface area contributed by atoms with Crippen molar-refractivity contribution in [1.82, 2.24) is 0 Å². The van der Waals surface area contributed by atoms with Gasteiger partial charge in [0.1, 0.15) is 0 Å². The molecule has 10 nitrogen and oxygen atoms in total. The molecule has 10 rings (SSSR count). The second-order valence-electron chi connectivity index (χ2n) is 16.4. The van der Waals surface area contributed by atoms with Crippen molar-refractivity contribution in [3.8, 4) is 0 Å². The summed E-state index contributed by atoms with van der Waals surface area (Å²) < 4.78 is 121. The summed E-state index contributed by atoms with van der Waals surface area (Å²) >= 11 is 0. The zero-order valence-corrected chi connectivity index (χ0v) is 32.3. The maximum absolute atomic E-state index is 14.4. The summed E-state index contributed by atoms with van der Waals surface area (Å²) in [6.07, 6.45) is -7.33. The van der Waals surface area contributed by atoms with Gasteiger partial charge in [-0.05, 0) is 64.2 Å². The van der Waals surface area contributed by atoms with Crippen LogP contribution in [0.2, 0.25) is 0 Å². The zero-order chi connectivity index (χ0) is 38.3. The highest BCUT2D eigenvalue weighted by Gasteiger charge is 2.72. The first kappa shape index (κ1) is 39.8. The molecule has 6 saturated heterocycles. The Morgan fingerprint density at radius 1 is 0.611 bits per heavy atom. The summed E-state index contributed by atoms with van der Waals surface area (Å²) in [5.41, 5.74) is -2.38. The number of fused-ring (bicyclic) bond motifs is 4. The molecule has 4 unspecified atom stereocenters. The second kappa shape index (κ2) is 14.4. The second-order valence-corrected chi connectivity index (χ2v) is 19.1. The van der Waals surface area contributed by atoms with Crippen molar-refractivity contribution >= 4 is 21.6 Å². The van der Waals surface area contributed by atoms with Crippen molar-refractivity contribution in [1.29, 1.82) is 0 Å². The topological polar surface area (TPSA) is 92.3 Å². The molecule has 306 valence electrons. The molecule has 12 atom stereocenters. The number of hydrogen-bond acceptors (Lipinski definition) is 12. The van der Waals surface area contributed by atoms with Crippen LogP contribution >= 0.6 is 21.6 Å². The van der Waals surface area contributed by atoms with E-state index >= 15 is 0 Å². The molecule has 0 aromatic carbocycles. The van der Waals surface area contributed by atoms with E-state index in [0.29, 0.717) is 50.0 Å². The summed E-state index contributed by atoms with van der Waals surface area (Å²) in [6, 6.07) is 0. The normalized spacial score (nSPS) is 44.3. The van der Waals surface area contributed by atoms with E-state index < -0.39 is 71.1 Å². The van der Waals surface area contributed by atoms with Crippen molar-refractivity contribution < 1.29 is 74.3 Å². The van der Waals surface area contributed by atoms with Crippen LogP contribution < -0.4 is 0 Å². The Morgan fingerprint density at radius 2 is 1.02 bits per heavy atom. The Bertz CT molecular complexity index is 1390. The first-order valence-electron chi connectivity index (χ1n) is 18.9. The third-order valence-corrected chi connectivity index (χ3v) is 15.4. The summed E-state index contributed by atoms with van der Waals surface area (Å²) in [7, 11) is 2.87. The molecule has 54 heavy (non-hydrogen) atoms. The quantitative estimate of drug-likeness (QED) is 0.0867. The summed E-state index contributed by atoms with van der Waals surface area (Å²) in [5.74, 6) is -4.80. The van der Waals surface area contributed by atoms with E-state index in [4.69, 9.17) is 48.0 Å². The molecule has 18 heteroatoms. The average molecular weight is 819 g/mol. The summed E-state index contributed by atoms with van der Waals surface area (Å²) in [4.78, 5) is 23.4. The van der Waals surface area contributed by atoms with Crippen LogP contribution in [0, 0.1) is 35.5 Å². The highest BCUT2D eigenvalue weighted by atomic mass is 33.1. The van der Waals surface area contributed by atoms with Crippen molar-refractivity contribution in [3.05, 3.63) is 22.7 Å². The molecule has 2 saturated carbocycles. The monoisotopic (exact) mass is 818 g/mol. The third kappa shape index (κ3) is 6.71. The minimum Gasteiger partial charge on any atom is -0.456 e. The first-order chi connectivity index (χ1) is 25.5. The molecule has 8 aliphatic heterocycles. The number of alkyl halides is 6. The SMILES string of the molecule is C[C@@H]1CC[C@H]2C(COCCSSCCOCC3=C(C(F)(F)F)O[C@@H]4OC5(C)CCC6[C@H](C)CC[C@@H]3[C@]64OO5)=C(C(F)(F)F)O[C@@H]3OC4(C)CCC1[C@]32OO4. The van der Waals surface area contributed by atoms with Crippen LogP contribution in [-0.2, 0) is 48.0 Å². The van der Waals surface area contributed by atoms with Gasteiger partial charge >= 0.3 is 12.4 Å². The Kier molecular flexibility index (Phi) is 10.6. The van der Waals surface area contributed by atoms with Gasteiger partial charge in [0.2, 0.25) is 35.7 Å². The third-order valence-electron chi connectivity index (χ3n) is 13.0.